The molecule has 0 unspecified atom stereocenters. The van der Waals surface area contributed by atoms with Crippen LogP contribution in [0.4, 0.5) is 11.4 Å². The number of carboxylic acid groups (broad SMARTS) is 1. The number of aliphatic carboxylic acids is 1. The Bertz CT molecular complexity index is 814. The van der Waals surface area contributed by atoms with Crippen LogP contribution in [-0.2, 0) is 9.36 Å². The van der Waals surface area contributed by atoms with Gasteiger partial charge in [0, 0.05) is 29.8 Å². The van der Waals surface area contributed by atoms with E-state index in [4.69, 9.17) is 0 Å². The van der Waals surface area contributed by atoms with Crippen molar-refractivity contribution in [2.75, 3.05) is 22.4 Å². The second-order valence-electron chi connectivity index (χ2n) is 6.93. The summed E-state index contributed by atoms with van der Waals surface area (Å²) >= 11 is 0. The maximum absolute atomic E-state index is 14.6. The lowest BCUT2D eigenvalue weighted by Gasteiger charge is -2.34. The molecule has 0 bridgehead atoms. The van der Waals surface area contributed by atoms with Crippen LogP contribution in [0.3, 0.4) is 0 Å². The molecule has 0 atom stereocenters. The van der Waals surface area contributed by atoms with E-state index >= 15 is 0 Å². The molecule has 1 saturated heterocycles. The first kappa shape index (κ1) is 19.2. The fourth-order valence-corrected chi connectivity index (χ4v) is 6.80. The molecule has 6 heteroatoms. The van der Waals surface area contributed by atoms with E-state index in [9.17, 15) is 14.5 Å². The molecule has 0 aliphatic carbocycles. The third-order valence-electron chi connectivity index (χ3n) is 4.52. The minimum atomic E-state index is -3.31. The van der Waals surface area contributed by atoms with Crippen molar-refractivity contribution in [2.24, 2.45) is 5.92 Å². The van der Waals surface area contributed by atoms with E-state index < -0.39 is 13.4 Å². The van der Waals surface area contributed by atoms with Gasteiger partial charge in [-0.15, -0.1) is 0 Å². The molecule has 0 saturated carbocycles. The Kier molecular flexibility index (Phi) is 5.71. The summed E-state index contributed by atoms with van der Waals surface area (Å²) in [6.07, 6.45) is 1.62. The van der Waals surface area contributed by atoms with Gasteiger partial charge in [0.05, 0.1) is 6.42 Å². The van der Waals surface area contributed by atoms with Crippen molar-refractivity contribution in [1.29, 1.82) is 0 Å². The monoisotopic (exact) mass is 384 g/mol. The summed E-state index contributed by atoms with van der Waals surface area (Å²) in [4.78, 5) is 11.6. The summed E-state index contributed by atoms with van der Waals surface area (Å²) in [7, 11) is -3.31. The molecule has 0 amide bonds. The molecular formula is C21H25N2O3P. The normalized spacial score (nSPS) is 16.8. The van der Waals surface area contributed by atoms with Crippen LogP contribution in [0.2, 0.25) is 0 Å². The first-order valence-electron chi connectivity index (χ1n) is 9.12. The molecule has 142 valence electrons. The molecule has 5 nitrogen and oxygen atoms in total. The highest BCUT2D eigenvalue weighted by atomic mass is 31.2. The number of allylic oxidation sites excluding steroid dienone is 1. The van der Waals surface area contributed by atoms with Crippen LogP contribution in [0, 0.1) is 5.92 Å². The number of carbonyl (C=O) groups is 1. The van der Waals surface area contributed by atoms with E-state index in [1.165, 1.54) is 0 Å². The molecule has 27 heavy (non-hydrogen) atoms. The molecule has 0 spiro atoms. The molecule has 1 aliphatic rings. The van der Waals surface area contributed by atoms with E-state index in [1.807, 2.05) is 89.9 Å². The van der Waals surface area contributed by atoms with Gasteiger partial charge in [-0.05, 0) is 30.2 Å². The van der Waals surface area contributed by atoms with Gasteiger partial charge in [-0.1, -0.05) is 56.3 Å². The van der Waals surface area contributed by atoms with Crippen LogP contribution < -0.4 is 9.34 Å². The van der Waals surface area contributed by atoms with Crippen molar-refractivity contribution in [2.45, 2.75) is 20.3 Å². The number of anilines is 2. The topological polar surface area (TPSA) is 60.9 Å². The maximum Gasteiger partial charge on any atom is 0.308 e. The van der Waals surface area contributed by atoms with Crippen LogP contribution in [0.15, 0.2) is 72.1 Å². The molecule has 1 heterocycles. The van der Waals surface area contributed by atoms with Gasteiger partial charge in [0.1, 0.15) is 0 Å². The average molecular weight is 384 g/mol. The number of benzene rings is 2. The Labute approximate surface area is 160 Å². The lowest BCUT2D eigenvalue weighted by atomic mass is 10.2. The number of hydrogen-bond acceptors (Lipinski definition) is 2. The van der Waals surface area contributed by atoms with Crippen molar-refractivity contribution >= 4 is 24.8 Å². The second kappa shape index (κ2) is 8.01. The average Bonchev–Trinajstić information content (AvgIpc) is 3.00. The van der Waals surface area contributed by atoms with Crippen LogP contribution in [-0.4, -0.2) is 24.2 Å². The van der Waals surface area contributed by atoms with Crippen molar-refractivity contribution in [3.8, 4) is 0 Å². The van der Waals surface area contributed by atoms with Gasteiger partial charge >= 0.3 is 5.97 Å². The number of rotatable bonds is 6. The van der Waals surface area contributed by atoms with Gasteiger partial charge in [-0.25, -0.2) is 0 Å². The van der Waals surface area contributed by atoms with E-state index in [0.29, 0.717) is 18.4 Å². The van der Waals surface area contributed by atoms with Crippen LogP contribution in [0.1, 0.15) is 20.3 Å². The van der Waals surface area contributed by atoms with Crippen molar-refractivity contribution in [1.82, 2.24) is 0 Å². The molecule has 2 aromatic carbocycles. The standard InChI is InChI=1S/C21H25N2O3P/c1-17(2)15-20(16-21(24)25)27(26)22(18-9-5-3-6-10-18)13-14-23(27)19-11-7-4-8-12-19/h3-12,15,17H,13-14,16H2,1-2H3,(H,24,25)/b20-15+. The Balaban J connectivity index is 2.16. The van der Waals surface area contributed by atoms with E-state index in [1.54, 1.807) is 0 Å². The lowest BCUT2D eigenvalue weighted by Crippen LogP contribution is -2.21. The van der Waals surface area contributed by atoms with Crippen LogP contribution in [0.5, 0.6) is 0 Å². The van der Waals surface area contributed by atoms with Crippen LogP contribution >= 0.6 is 7.44 Å². The minimum absolute atomic E-state index is 0.0982. The first-order valence-corrected chi connectivity index (χ1v) is 10.7. The highest BCUT2D eigenvalue weighted by Crippen LogP contribution is 2.66. The molecule has 3 rings (SSSR count). The van der Waals surface area contributed by atoms with Gasteiger partial charge in [0.15, 0.2) is 0 Å². The molecule has 1 aliphatic heterocycles. The fraction of sp³-hybridized carbons (Fsp3) is 0.286. The maximum atomic E-state index is 14.6. The third-order valence-corrected chi connectivity index (χ3v) is 7.75. The molecule has 1 N–H and O–H groups in total. The second-order valence-corrected chi connectivity index (χ2v) is 9.56. The van der Waals surface area contributed by atoms with Gasteiger partial charge < -0.3 is 14.4 Å². The van der Waals surface area contributed by atoms with E-state index in [0.717, 1.165) is 11.4 Å². The Morgan fingerprint density at radius 2 is 1.44 bits per heavy atom. The minimum Gasteiger partial charge on any atom is -0.481 e. The fourth-order valence-electron chi connectivity index (χ4n) is 3.47. The molecule has 0 aromatic heterocycles. The van der Waals surface area contributed by atoms with Crippen molar-refractivity contribution in [3.63, 3.8) is 0 Å². The number of hydrogen-bond donors (Lipinski definition) is 1. The van der Waals surface area contributed by atoms with Crippen molar-refractivity contribution < 1.29 is 14.5 Å². The van der Waals surface area contributed by atoms with Gasteiger partial charge in [-0.3, -0.25) is 9.36 Å². The zero-order valence-corrected chi connectivity index (χ0v) is 16.5. The smallest absolute Gasteiger partial charge is 0.308 e. The number of para-hydroxylation sites is 2. The summed E-state index contributed by atoms with van der Waals surface area (Å²) in [6, 6.07) is 19.2. The van der Waals surface area contributed by atoms with Gasteiger partial charge in [0.2, 0.25) is 0 Å². The highest BCUT2D eigenvalue weighted by molar-refractivity contribution is 7.71. The quantitative estimate of drug-likeness (QED) is 0.692. The first-order chi connectivity index (χ1) is 12.9. The van der Waals surface area contributed by atoms with E-state index in [-0.39, 0.29) is 12.3 Å². The summed E-state index contributed by atoms with van der Waals surface area (Å²) in [5.74, 6) is -0.869. The summed E-state index contributed by atoms with van der Waals surface area (Å²) in [5.41, 5.74) is 1.69. The van der Waals surface area contributed by atoms with Crippen LogP contribution in [0.25, 0.3) is 0 Å². The molecule has 2 aromatic rings. The van der Waals surface area contributed by atoms with Gasteiger partial charge in [0.25, 0.3) is 7.44 Å². The highest BCUT2D eigenvalue weighted by Gasteiger charge is 2.46. The number of carboxylic acids is 1. The summed E-state index contributed by atoms with van der Waals surface area (Å²) in [6.45, 7) is 5.10. The Hall–Kier alpha value is -2.52. The lowest BCUT2D eigenvalue weighted by molar-refractivity contribution is -0.136. The zero-order chi connectivity index (χ0) is 19.4. The third kappa shape index (κ3) is 3.93. The molecule has 1 fully saturated rings. The predicted octanol–water partition coefficient (Wildman–Crippen LogP) is 5.22. The summed E-state index contributed by atoms with van der Waals surface area (Å²) < 4.78 is 18.3. The molecular weight excluding hydrogens is 359 g/mol. The Morgan fingerprint density at radius 3 is 1.81 bits per heavy atom. The predicted molar refractivity (Wildman–Crippen MR) is 110 cm³/mol. The molecule has 0 radical (unpaired) electrons. The SMILES string of the molecule is CC(C)/C=C(\CC(=O)O)P1(=O)N(c2ccccc2)CCN1c1ccccc1. The largest absolute Gasteiger partial charge is 0.481 e. The zero-order valence-electron chi connectivity index (χ0n) is 15.7. The summed E-state index contributed by atoms with van der Waals surface area (Å²) in [5, 5.41) is 9.97. The van der Waals surface area contributed by atoms with E-state index in [2.05, 4.69) is 0 Å². The number of nitrogens with zero attached hydrogens (tertiary/aromatic N) is 2. The Morgan fingerprint density at radius 1 is 1.00 bits per heavy atom. The van der Waals surface area contributed by atoms with Gasteiger partial charge in [-0.2, -0.15) is 0 Å². The van der Waals surface area contributed by atoms with Crippen molar-refractivity contribution in [3.05, 3.63) is 72.1 Å².